The van der Waals surface area contributed by atoms with Gasteiger partial charge in [-0.2, -0.15) is 0 Å². The van der Waals surface area contributed by atoms with Gasteiger partial charge >= 0.3 is 0 Å². The molecule has 0 unspecified atom stereocenters. The third kappa shape index (κ3) is 6.85. The van der Waals surface area contributed by atoms with Crippen LogP contribution in [0.3, 0.4) is 0 Å². The number of hydrogen-bond donors (Lipinski definition) is 1. The molecule has 10 heteroatoms. The molecule has 0 atom stereocenters. The van der Waals surface area contributed by atoms with Gasteiger partial charge in [0, 0.05) is 25.9 Å². The van der Waals surface area contributed by atoms with Crippen LogP contribution >= 0.6 is 27.7 Å². The number of carbonyl (C=O) groups is 3. The summed E-state index contributed by atoms with van der Waals surface area (Å²) in [5, 5.41) is 2.46. The van der Waals surface area contributed by atoms with Gasteiger partial charge in [0.25, 0.3) is 17.1 Å². The van der Waals surface area contributed by atoms with Crippen LogP contribution in [0.5, 0.6) is 11.5 Å². The molecule has 2 aromatic carbocycles. The zero-order valence-corrected chi connectivity index (χ0v) is 21.2. The van der Waals surface area contributed by atoms with Crippen LogP contribution in [0.15, 0.2) is 51.8 Å². The highest BCUT2D eigenvalue weighted by Crippen LogP contribution is 2.39. The molecular formula is C24H25BrN2O6S. The van der Waals surface area contributed by atoms with Gasteiger partial charge in [0.2, 0.25) is 0 Å². The van der Waals surface area contributed by atoms with Crippen molar-refractivity contribution in [1.82, 2.24) is 4.90 Å². The van der Waals surface area contributed by atoms with E-state index in [1.54, 1.807) is 37.5 Å². The minimum Gasteiger partial charge on any atom is -0.490 e. The number of rotatable bonds is 11. The molecule has 1 N–H and O–H groups in total. The molecule has 1 aliphatic rings. The summed E-state index contributed by atoms with van der Waals surface area (Å²) in [5.41, 5.74) is 1.32. The summed E-state index contributed by atoms with van der Waals surface area (Å²) < 4.78 is 17.0. The van der Waals surface area contributed by atoms with Gasteiger partial charge in [-0.25, -0.2) is 0 Å². The quantitative estimate of drug-likeness (QED) is 0.314. The van der Waals surface area contributed by atoms with Crippen molar-refractivity contribution in [3.8, 4) is 11.5 Å². The number of methoxy groups -OCH3 is 1. The van der Waals surface area contributed by atoms with Crippen LogP contribution in [0.4, 0.5) is 10.5 Å². The zero-order chi connectivity index (χ0) is 24.5. The van der Waals surface area contributed by atoms with E-state index in [2.05, 4.69) is 21.2 Å². The third-order valence-corrected chi connectivity index (χ3v) is 6.13. The Balaban J connectivity index is 1.73. The van der Waals surface area contributed by atoms with Crippen molar-refractivity contribution in [2.45, 2.75) is 13.3 Å². The molecule has 1 saturated heterocycles. The first-order valence-corrected chi connectivity index (χ1v) is 12.2. The smallest absolute Gasteiger partial charge is 0.293 e. The molecule has 1 heterocycles. The Morgan fingerprint density at radius 2 is 1.94 bits per heavy atom. The second-order valence-corrected chi connectivity index (χ2v) is 8.99. The molecule has 1 aliphatic heterocycles. The molecule has 34 heavy (non-hydrogen) atoms. The van der Waals surface area contributed by atoms with E-state index in [4.69, 9.17) is 14.2 Å². The molecule has 0 aromatic heterocycles. The number of nitrogens with zero attached hydrogens (tertiary/aromatic N) is 1. The molecule has 0 bridgehead atoms. The lowest BCUT2D eigenvalue weighted by atomic mass is 10.2. The van der Waals surface area contributed by atoms with Crippen LogP contribution in [0.1, 0.15) is 18.9 Å². The van der Waals surface area contributed by atoms with Crippen LogP contribution < -0.4 is 14.8 Å². The second-order valence-electron chi connectivity index (χ2n) is 7.15. The maximum absolute atomic E-state index is 12.7. The lowest BCUT2D eigenvalue weighted by Gasteiger charge is -2.15. The molecule has 0 spiro atoms. The van der Waals surface area contributed by atoms with Crippen molar-refractivity contribution in [1.29, 1.82) is 0 Å². The van der Waals surface area contributed by atoms with Crippen molar-refractivity contribution < 1.29 is 28.6 Å². The first kappa shape index (κ1) is 25.8. The van der Waals surface area contributed by atoms with Crippen molar-refractivity contribution in [3.05, 3.63) is 57.4 Å². The normalized spacial score (nSPS) is 14.6. The number of para-hydroxylation sites is 1. The van der Waals surface area contributed by atoms with E-state index in [-0.39, 0.29) is 23.7 Å². The van der Waals surface area contributed by atoms with E-state index >= 15 is 0 Å². The second kappa shape index (κ2) is 12.6. The topological polar surface area (TPSA) is 94.2 Å². The Morgan fingerprint density at radius 1 is 1.18 bits per heavy atom. The molecule has 0 aliphatic carbocycles. The number of anilines is 1. The molecule has 180 valence electrons. The molecule has 2 aromatic rings. The summed E-state index contributed by atoms with van der Waals surface area (Å²) in [4.78, 5) is 38.7. The Morgan fingerprint density at radius 3 is 2.65 bits per heavy atom. The van der Waals surface area contributed by atoms with Gasteiger partial charge in [0.05, 0.1) is 16.0 Å². The van der Waals surface area contributed by atoms with Gasteiger partial charge in [-0.05, 0) is 76.9 Å². The minimum absolute atomic E-state index is 0.215. The Hall–Kier alpha value is -2.82. The number of benzene rings is 2. The SMILES string of the molecule is CCOc1cc(/C=C2/SC(=O)N(CCCOC)C2=O)cc(Br)c1OCC(=O)Nc1ccccc1. The van der Waals surface area contributed by atoms with E-state index in [1.165, 1.54) is 4.90 Å². The summed E-state index contributed by atoms with van der Waals surface area (Å²) in [6.45, 7) is 2.77. The highest BCUT2D eigenvalue weighted by molar-refractivity contribution is 9.10. The number of nitrogens with one attached hydrogen (secondary N) is 1. The standard InChI is InChI=1S/C24H25BrN2O6S/c1-3-32-19-13-16(14-20-23(29)27(24(30)34-20)10-7-11-31-2)12-18(25)22(19)33-15-21(28)26-17-8-5-4-6-9-17/h4-6,8-9,12-14H,3,7,10-11,15H2,1-2H3,(H,26,28)/b20-14+. The largest absolute Gasteiger partial charge is 0.490 e. The number of halogens is 1. The number of carbonyl (C=O) groups excluding carboxylic acids is 3. The summed E-state index contributed by atoms with van der Waals surface area (Å²) in [7, 11) is 1.57. The van der Waals surface area contributed by atoms with Gasteiger partial charge in [-0.1, -0.05) is 18.2 Å². The predicted octanol–water partition coefficient (Wildman–Crippen LogP) is 4.94. The summed E-state index contributed by atoms with van der Waals surface area (Å²) >= 11 is 4.36. The molecule has 3 rings (SSSR count). The van der Waals surface area contributed by atoms with Gasteiger partial charge in [0.1, 0.15) is 0 Å². The van der Waals surface area contributed by atoms with Gasteiger partial charge in [0.15, 0.2) is 18.1 Å². The number of ether oxygens (including phenoxy) is 3. The van der Waals surface area contributed by atoms with Gasteiger partial charge < -0.3 is 19.5 Å². The lowest BCUT2D eigenvalue weighted by Crippen LogP contribution is -2.29. The van der Waals surface area contributed by atoms with Crippen molar-refractivity contribution in [3.63, 3.8) is 0 Å². The number of imide groups is 1. The van der Waals surface area contributed by atoms with Crippen molar-refractivity contribution >= 4 is 56.5 Å². The first-order valence-electron chi connectivity index (χ1n) is 10.6. The van der Waals surface area contributed by atoms with Crippen LogP contribution in [0.25, 0.3) is 6.08 Å². The van der Waals surface area contributed by atoms with E-state index in [9.17, 15) is 14.4 Å². The third-order valence-electron chi connectivity index (χ3n) is 4.64. The summed E-state index contributed by atoms with van der Waals surface area (Å²) in [6.07, 6.45) is 2.21. The molecule has 8 nitrogen and oxygen atoms in total. The summed E-state index contributed by atoms with van der Waals surface area (Å²) in [5.74, 6) is 0.134. The molecule has 1 fully saturated rings. The maximum atomic E-state index is 12.7. The fourth-order valence-corrected chi connectivity index (χ4v) is 4.58. The van der Waals surface area contributed by atoms with Crippen LogP contribution in [-0.4, -0.2) is 55.4 Å². The fraction of sp³-hybridized carbons (Fsp3) is 0.292. The zero-order valence-electron chi connectivity index (χ0n) is 18.8. The van der Waals surface area contributed by atoms with E-state index < -0.39 is 0 Å². The van der Waals surface area contributed by atoms with Crippen molar-refractivity contribution in [2.75, 3.05) is 38.8 Å². The van der Waals surface area contributed by atoms with Crippen LogP contribution in [-0.2, 0) is 14.3 Å². The van der Waals surface area contributed by atoms with Crippen LogP contribution in [0.2, 0.25) is 0 Å². The Bertz CT molecular complexity index is 1080. The van der Waals surface area contributed by atoms with E-state index in [0.29, 0.717) is 58.3 Å². The van der Waals surface area contributed by atoms with Gasteiger partial charge in [-0.15, -0.1) is 0 Å². The Labute approximate surface area is 210 Å². The number of amides is 3. The highest BCUT2D eigenvalue weighted by atomic mass is 79.9. The van der Waals surface area contributed by atoms with Crippen molar-refractivity contribution in [2.24, 2.45) is 0 Å². The average molecular weight is 549 g/mol. The Kier molecular flexibility index (Phi) is 9.55. The van der Waals surface area contributed by atoms with Crippen LogP contribution in [0, 0.1) is 0 Å². The fourth-order valence-electron chi connectivity index (χ4n) is 3.14. The number of thioether (sulfide) groups is 1. The summed E-state index contributed by atoms with van der Waals surface area (Å²) in [6, 6.07) is 12.5. The van der Waals surface area contributed by atoms with E-state index in [0.717, 1.165) is 11.8 Å². The highest BCUT2D eigenvalue weighted by Gasteiger charge is 2.34. The molecular weight excluding hydrogens is 524 g/mol. The maximum Gasteiger partial charge on any atom is 0.293 e. The first-order chi connectivity index (χ1) is 16.4. The van der Waals surface area contributed by atoms with Gasteiger partial charge in [-0.3, -0.25) is 19.3 Å². The molecule has 3 amide bonds. The van der Waals surface area contributed by atoms with E-state index in [1.807, 2.05) is 25.1 Å². The minimum atomic E-state index is -0.335. The lowest BCUT2D eigenvalue weighted by molar-refractivity contribution is -0.123. The molecule has 0 saturated carbocycles. The molecule has 0 radical (unpaired) electrons. The average Bonchev–Trinajstić information content (AvgIpc) is 3.07. The number of hydrogen-bond acceptors (Lipinski definition) is 7. The monoisotopic (exact) mass is 548 g/mol. The predicted molar refractivity (Wildman–Crippen MR) is 135 cm³/mol.